The summed E-state index contributed by atoms with van der Waals surface area (Å²) >= 11 is 0. The van der Waals surface area contributed by atoms with Gasteiger partial charge in [-0.2, -0.15) is 0 Å². The quantitative estimate of drug-likeness (QED) is 0.639. The van der Waals surface area contributed by atoms with Gasteiger partial charge in [0.05, 0.1) is 26.4 Å². The molecule has 3 rings (SSSR count). The van der Waals surface area contributed by atoms with Crippen molar-refractivity contribution in [3.05, 3.63) is 30.3 Å². The lowest BCUT2D eigenvalue weighted by atomic mass is 9.96. The average molecular weight is 348 g/mol. The lowest BCUT2D eigenvalue weighted by molar-refractivity contribution is 0.0221. The van der Waals surface area contributed by atoms with Crippen molar-refractivity contribution in [1.29, 1.82) is 0 Å². The zero-order chi connectivity index (χ0) is 17.2. The van der Waals surface area contributed by atoms with E-state index in [-0.39, 0.29) is 0 Å². The normalized spacial score (nSPS) is 20.6. The lowest BCUT2D eigenvalue weighted by Gasteiger charge is -2.36. The van der Waals surface area contributed by atoms with E-state index in [0.717, 1.165) is 51.1 Å². The molecule has 140 valence electrons. The molecule has 2 heterocycles. The number of piperidine rings is 1. The maximum absolute atomic E-state index is 5.72. The molecule has 0 aliphatic carbocycles. The number of hydrogen-bond acceptors (Lipinski definition) is 5. The smallest absolute Gasteiger partial charge is 0.119 e. The first kappa shape index (κ1) is 18.6. The Hall–Kier alpha value is -1.14. The van der Waals surface area contributed by atoms with Crippen LogP contribution in [-0.2, 0) is 9.47 Å². The highest BCUT2D eigenvalue weighted by atomic mass is 16.5. The van der Waals surface area contributed by atoms with Gasteiger partial charge in [-0.25, -0.2) is 0 Å². The Kier molecular flexibility index (Phi) is 8.03. The van der Waals surface area contributed by atoms with Gasteiger partial charge in [0, 0.05) is 26.2 Å². The Balaban J connectivity index is 1.19. The van der Waals surface area contributed by atoms with Crippen molar-refractivity contribution < 1.29 is 14.2 Å². The first-order valence-corrected chi connectivity index (χ1v) is 9.68. The van der Waals surface area contributed by atoms with Gasteiger partial charge < -0.3 is 19.1 Å². The van der Waals surface area contributed by atoms with E-state index in [0.29, 0.717) is 13.2 Å². The molecule has 2 saturated heterocycles. The zero-order valence-corrected chi connectivity index (χ0v) is 15.3. The molecule has 2 fully saturated rings. The molecule has 0 spiro atoms. The fraction of sp³-hybridized carbons (Fsp3) is 0.700. The van der Waals surface area contributed by atoms with E-state index in [4.69, 9.17) is 14.2 Å². The lowest BCUT2D eigenvalue weighted by Crippen LogP contribution is -2.43. The summed E-state index contributed by atoms with van der Waals surface area (Å²) in [5.74, 6) is 1.77. The van der Waals surface area contributed by atoms with Gasteiger partial charge in [-0.05, 0) is 44.0 Å². The van der Waals surface area contributed by atoms with Crippen LogP contribution in [0.1, 0.15) is 12.8 Å². The van der Waals surface area contributed by atoms with Crippen molar-refractivity contribution in [1.82, 2.24) is 9.80 Å². The van der Waals surface area contributed by atoms with Gasteiger partial charge in [0.25, 0.3) is 0 Å². The molecule has 0 aromatic heterocycles. The van der Waals surface area contributed by atoms with E-state index in [2.05, 4.69) is 9.80 Å². The first-order valence-electron chi connectivity index (χ1n) is 9.68. The largest absolute Gasteiger partial charge is 0.491 e. The Morgan fingerprint density at radius 2 is 1.64 bits per heavy atom. The van der Waals surface area contributed by atoms with Crippen LogP contribution in [0.3, 0.4) is 0 Å². The number of nitrogens with zero attached hydrogens (tertiary/aromatic N) is 2. The summed E-state index contributed by atoms with van der Waals surface area (Å²) in [6.45, 7) is 10.8. The first-order chi connectivity index (χ1) is 12.4. The topological polar surface area (TPSA) is 34.2 Å². The Bertz CT molecular complexity index is 457. The highest BCUT2D eigenvalue weighted by Gasteiger charge is 2.22. The van der Waals surface area contributed by atoms with Crippen molar-refractivity contribution in [3.63, 3.8) is 0 Å². The summed E-state index contributed by atoms with van der Waals surface area (Å²) in [4.78, 5) is 5.10. The zero-order valence-electron chi connectivity index (χ0n) is 15.3. The van der Waals surface area contributed by atoms with Crippen LogP contribution in [0.5, 0.6) is 5.75 Å². The second-order valence-corrected chi connectivity index (χ2v) is 6.97. The molecule has 0 unspecified atom stereocenters. The van der Waals surface area contributed by atoms with Crippen molar-refractivity contribution in [2.24, 2.45) is 5.92 Å². The fourth-order valence-electron chi connectivity index (χ4n) is 3.57. The molecule has 0 saturated carbocycles. The molecule has 0 atom stereocenters. The van der Waals surface area contributed by atoms with E-state index in [1.54, 1.807) is 0 Å². The van der Waals surface area contributed by atoms with Gasteiger partial charge >= 0.3 is 0 Å². The predicted octanol–water partition coefficient (Wildman–Crippen LogP) is 2.13. The number of hydrogen-bond donors (Lipinski definition) is 0. The van der Waals surface area contributed by atoms with Crippen LogP contribution in [0.25, 0.3) is 0 Å². The standard InChI is InChI=1S/C20H32N2O3/c1-2-4-20(5-3-1)25-17-16-24-13-10-21-8-6-19(7-9-21)18-22-11-14-23-15-12-22/h1-5,19H,6-18H2. The number of benzene rings is 1. The molecular weight excluding hydrogens is 316 g/mol. The molecule has 25 heavy (non-hydrogen) atoms. The van der Waals surface area contributed by atoms with Crippen LogP contribution in [0.15, 0.2) is 30.3 Å². The molecule has 0 radical (unpaired) electrons. The van der Waals surface area contributed by atoms with Gasteiger partial charge in [0.15, 0.2) is 0 Å². The minimum Gasteiger partial charge on any atom is -0.491 e. The third kappa shape index (κ3) is 6.94. The van der Waals surface area contributed by atoms with E-state index >= 15 is 0 Å². The highest BCUT2D eigenvalue weighted by Crippen LogP contribution is 2.18. The maximum Gasteiger partial charge on any atom is 0.119 e. The molecule has 0 amide bonds. The predicted molar refractivity (Wildman–Crippen MR) is 99.2 cm³/mol. The second-order valence-electron chi connectivity index (χ2n) is 6.97. The Morgan fingerprint density at radius 1 is 0.880 bits per heavy atom. The minimum absolute atomic E-state index is 0.617. The second kappa shape index (κ2) is 10.8. The van der Waals surface area contributed by atoms with Crippen LogP contribution in [0.2, 0.25) is 0 Å². The summed E-state index contributed by atoms with van der Waals surface area (Å²) in [6, 6.07) is 9.91. The number of morpholine rings is 1. The van der Waals surface area contributed by atoms with Crippen molar-refractivity contribution in [2.75, 3.05) is 72.3 Å². The SMILES string of the molecule is c1ccc(OCCOCCN2CCC(CN3CCOCC3)CC2)cc1. The third-order valence-corrected chi connectivity index (χ3v) is 5.12. The molecule has 1 aromatic carbocycles. The van der Waals surface area contributed by atoms with Crippen LogP contribution in [0, 0.1) is 5.92 Å². The number of para-hydroxylation sites is 1. The van der Waals surface area contributed by atoms with Gasteiger partial charge in [-0.1, -0.05) is 18.2 Å². The molecule has 5 heteroatoms. The summed E-state index contributed by atoms with van der Waals surface area (Å²) in [5.41, 5.74) is 0. The Labute approximate surface area is 151 Å². The van der Waals surface area contributed by atoms with Gasteiger partial charge in [0.1, 0.15) is 12.4 Å². The van der Waals surface area contributed by atoms with E-state index in [1.165, 1.54) is 32.5 Å². The van der Waals surface area contributed by atoms with Crippen LogP contribution >= 0.6 is 0 Å². The van der Waals surface area contributed by atoms with E-state index < -0.39 is 0 Å². The third-order valence-electron chi connectivity index (χ3n) is 5.12. The van der Waals surface area contributed by atoms with Crippen molar-refractivity contribution in [2.45, 2.75) is 12.8 Å². The number of ether oxygens (including phenoxy) is 3. The summed E-state index contributed by atoms with van der Waals surface area (Å²) in [7, 11) is 0. The van der Waals surface area contributed by atoms with Gasteiger partial charge in [-0.3, -0.25) is 4.90 Å². The van der Waals surface area contributed by atoms with E-state index in [9.17, 15) is 0 Å². The van der Waals surface area contributed by atoms with Crippen molar-refractivity contribution in [3.8, 4) is 5.75 Å². The minimum atomic E-state index is 0.617. The van der Waals surface area contributed by atoms with Crippen LogP contribution in [-0.4, -0.2) is 82.1 Å². The molecular formula is C20H32N2O3. The Morgan fingerprint density at radius 3 is 2.40 bits per heavy atom. The monoisotopic (exact) mass is 348 g/mol. The molecule has 2 aliphatic heterocycles. The number of rotatable bonds is 9. The molecule has 1 aromatic rings. The van der Waals surface area contributed by atoms with Gasteiger partial charge in [0.2, 0.25) is 0 Å². The van der Waals surface area contributed by atoms with Crippen LogP contribution < -0.4 is 4.74 Å². The van der Waals surface area contributed by atoms with Gasteiger partial charge in [-0.15, -0.1) is 0 Å². The van der Waals surface area contributed by atoms with Crippen LogP contribution in [0.4, 0.5) is 0 Å². The molecule has 0 N–H and O–H groups in total. The molecule has 5 nitrogen and oxygen atoms in total. The number of likely N-dealkylation sites (tertiary alicyclic amines) is 1. The van der Waals surface area contributed by atoms with E-state index in [1.807, 2.05) is 30.3 Å². The average Bonchev–Trinajstić information content (AvgIpc) is 2.67. The summed E-state index contributed by atoms with van der Waals surface area (Å²) < 4.78 is 16.8. The van der Waals surface area contributed by atoms with Crippen molar-refractivity contribution >= 4 is 0 Å². The molecule has 2 aliphatic rings. The maximum atomic E-state index is 5.72. The summed E-state index contributed by atoms with van der Waals surface area (Å²) in [6.07, 6.45) is 2.63. The summed E-state index contributed by atoms with van der Waals surface area (Å²) in [5, 5.41) is 0. The fourth-order valence-corrected chi connectivity index (χ4v) is 3.57. The highest BCUT2D eigenvalue weighted by molar-refractivity contribution is 5.20. The molecule has 0 bridgehead atoms.